The molecule has 8 heteroatoms. The Labute approximate surface area is 229 Å². The van der Waals surface area contributed by atoms with Crippen LogP contribution >= 0.6 is 11.6 Å². The summed E-state index contributed by atoms with van der Waals surface area (Å²) in [7, 11) is 0. The quantitative estimate of drug-likeness (QED) is 0.395. The number of piperazine rings is 1. The van der Waals surface area contributed by atoms with Crippen molar-refractivity contribution in [2.24, 2.45) is 0 Å². The molecule has 0 bridgehead atoms. The number of fused-ring (bicyclic) bond motifs is 1. The zero-order chi connectivity index (χ0) is 27.0. The summed E-state index contributed by atoms with van der Waals surface area (Å²) in [5, 5.41) is 1.39. The van der Waals surface area contributed by atoms with Crippen LogP contribution in [-0.4, -0.2) is 51.0 Å². The molecule has 1 aliphatic carbocycles. The Bertz CT molecular complexity index is 1420. The van der Waals surface area contributed by atoms with Crippen LogP contribution in [0.5, 0.6) is 0 Å². The summed E-state index contributed by atoms with van der Waals surface area (Å²) in [6.07, 6.45) is 7.38. The maximum atomic E-state index is 14.0. The first-order valence-corrected chi connectivity index (χ1v) is 14.2. The van der Waals surface area contributed by atoms with E-state index < -0.39 is 0 Å². The van der Waals surface area contributed by atoms with Crippen LogP contribution in [0.15, 0.2) is 41.7 Å². The lowest BCUT2D eigenvalue weighted by Gasteiger charge is -2.40. The van der Waals surface area contributed by atoms with E-state index in [2.05, 4.69) is 48.5 Å². The van der Waals surface area contributed by atoms with Crippen LogP contribution in [0.2, 0.25) is 5.02 Å². The smallest absolute Gasteiger partial charge is 0.350 e. The molecule has 0 radical (unpaired) electrons. The predicted octanol–water partition coefficient (Wildman–Crippen LogP) is 5.44. The van der Waals surface area contributed by atoms with Gasteiger partial charge in [0.2, 0.25) is 5.91 Å². The lowest BCUT2D eigenvalue weighted by molar-refractivity contribution is -0.126. The maximum absolute atomic E-state index is 14.0. The molecule has 1 aliphatic heterocycles. The fourth-order valence-electron chi connectivity index (χ4n) is 6.13. The number of hydrogen-bond acceptors (Lipinski definition) is 5. The van der Waals surface area contributed by atoms with Gasteiger partial charge in [0.05, 0.1) is 21.8 Å². The van der Waals surface area contributed by atoms with Gasteiger partial charge in [0.15, 0.2) is 5.65 Å². The highest BCUT2D eigenvalue weighted by Gasteiger charge is 2.31. The van der Waals surface area contributed by atoms with Crippen molar-refractivity contribution >= 4 is 34.4 Å². The maximum Gasteiger partial charge on any atom is 0.355 e. The van der Waals surface area contributed by atoms with E-state index in [-0.39, 0.29) is 17.6 Å². The minimum Gasteiger partial charge on any atom is -0.350 e. The van der Waals surface area contributed by atoms with Crippen molar-refractivity contribution in [3.63, 3.8) is 0 Å². The number of carbonyl (C=O) groups excluding carboxylic acids is 1. The molecule has 1 atom stereocenters. The summed E-state index contributed by atoms with van der Waals surface area (Å²) >= 11 is 6.91. The molecular weight excluding hydrogens is 498 g/mol. The SMILES string of the molecule is C=CC(=O)N1CCN(c2nc(=O)n(-c3c(CC)cccc3CC)c3nc(C4CCCC4)c(Cl)cc23)[C@@H](C)C1. The standard InChI is InChI=1S/C30H36ClN5O2/c1-5-20-13-10-14-21(6-2)27(20)36-29-23(17-24(31)26(32-29)22-11-8-9-12-22)28(33-30(36)38)35-16-15-34(18-19(35)4)25(37)7-3/h7,10,13-14,17,19,22H,3,5-6,8-9,11-12,15-16,18H2,1-2,4H3/t19-/m0/s1. The molecule has 2 fully saturated rings. The number of nitrogens with zero attached hydrogens (tertiary/aromatic N) is 5. The lowest BCUT2D eigenvalue weighted by Crippen LogP contribution is -2.54. The average molecular weight is 534 g/mol. The number of rotatable bonds is 6. The van der Waals surface area contributed by atoms with Gasteiger partial charge in [-0.25, -0.2) is 14.3 Å². The van der Waals surface area contributed by atoms with Gasteiger partial charge in [-0.1, -0.05) is 63.1 Å². The van der Waals surface area contributed by atoms with Gasteiger partial charge in [-0.3, -0.25) is 4.79 Å². The molecule has 0 spiro atoms. The third-order valence-electron chi connectivity index (χ3n) is 8.14. The van der Waals surface area contributed by atoms with Crippen LogP contribution in [0.25, 0.3) is 16.7 Å². The summed E-state index contributed by atoms with van der Waals surface area (Å²) in [6, 6.07) is 8.12. The molecule has 1 saturated carbocycles. The summed E-state index contributed by atoms with van der Waals surface area (Å²) in [5.41, 5.74) is 4.21. The number of benzene rings is 1. The van der Waals surface area contributed by atoms with Gasteiger partial charge in [0.1, 0.15) is 5.82 Å². The number of hydrogen-bond donors (Lipinski definition) is 0. The lowest BCUT2D eigenvalue weighted by atomic mass is 10.0. The molecule has 3 aromatic rings. The van der Waals surface area contributed by atoms with Crippen molar-refractivity contribution in [2.75, 3.05) is 24.5 Å². The second-order valence-electron chi connectivity index (χ2n) is 10.4. The largest absolute Gasteiger partial charge is 0.355 e. The van der Waals surface area contributed by atoms with Gasteiger partial charge in [0, 0.05) is 31.6 Å². The van der Waals surface area contributed by atoms with Crippen molar-refractivity contribution in [1.82, 2.24) is 19.4 Å². The van der Waals surface area contributed by atoms with E-state index in [0.717, 1.165) is 53.6 Å². The van der Waals surface area contributed by atoms with Crippen LogP contribution in [-0.2, 0) is 17.6 Å². The molecule has 7 nitrogen and oxygen atoms in total. The van der Waals surface area contributed by atoms with Crippen molar-refractivity contribution in [1.29, 1.82) is 0 Å². The minimum atomic E-state index is -0.341. The van der Waals surface area contributed by atoms with Crippen LogP contribution in [0.3, 0.4) is 0 Å². The monoisotopic (exact) mass is 533 g/mol. The molecule has 5 rings (SSSR count). The number of para-hydroxylation sites is 1. The normalized spacial score (nSPS) is 18.4. The Hall–Kier alpha value is -3.19. The Morgan fingerprint density at radius 3 is 2.42 bits per heavy atom. The zero-order valence-corrected chi connectivity index (χ0v) is 23.3. The minimum absolute atomic E-state index is 0.0407. The Balaban J connectivity index is 1.75. The first kappa shape index (κ1) is 26.4. The van der Waals surface area contributed by atoms with Crippen molar-refractivity contribution in [3.8, 4) is 5.69 Å². The Morgan fingerprint density at radius 2 is 1.82 bits per heavy atom. The fourth-order valence-corrected chi connectivity index (χ4v) is 6.43. The van der Waals surface area contributed by atoms with E-state index >= 15 is 0 Å². The van der Waals surface area contributed by atoms with Crippen LogP contribution < -0.4 is 10.6 Å². The Kier molecular flexibility index (Phi) is 7.57. The van der Waals surface area contributed by atoms with Gasteiger partial charge in [-0.2, -0.15) is 4.98 Å². The molecular formula is C30H36ClN5O2. The van der Waals surface area contributed by atoms with E-state index in [0.29, 0.717) is 42.0 Å². The molecule has 1 saturated heterocycles. The zero-order valence-electron chi connectivity index (χ0n) is 22.5. The first-order valence-electron chi connectivity index (χ1n) is 13.8. The number of aryl methyl sites for hydroxylation is 2. The summed E-state index contributed by atoms with van der Waals surface area (Å²) in [5.74, 6) is 0.796. The van der Waals surface area contributed by atoms with Gasteiger partial charge >= 0.3 is 5.69 Å². The van der Waals surface area contributed by atoms with Crippen molar-refractivity contribution in [2.45, 2.75) is 71.3 Å². The van der Waals surface area contributed by atoms with Gasteiger partial charge < -0.3 is 9.80 Å². The predicted molar refractivity (Wildman–Crippen MR) is 154 cm³/mol. The van der Waals surface area contributed by atoms with Crippen molar-refractivity contribution < 1.29 is 4.79 Å². The van der Waals surface area contributed by atoms with E-state index in [9.17, 15) is 9.59 Å². The molecule has 2 aliphatic rings. The fraction of sp³-hybridized carbons (Fsp3) is 0.467. The highest BCUT2D eigenvalue weighted by atomic mass is 35.5. The first-order chi connectivity index (χ1) is 18.4. The van der Waals surface area contributed by atoms with Crippen molar-refractivity contribution in [3.05, 3.63) is 69.2 Å². The van der Waals surface area contributed by atoms with Crippen LogP contribution in [0.1, 0.15) is 69.2 Å². The number of anilines is 1. The Morgan fingerprint density at radius 1 is 1.13 bits per heavy atom. The number of pyridine rings is 1. The molecule has 1 amide bonds. The van der Waals surface area contributed by atoms with E-state index in [1.54, 1.807) is 9.47 Å². The van der Waals surface area contributed by atoms with E-state index in [1.165, 1.54) is 18.9 Å². The number of amides is 1. The van der Waals surface area contributed by atoms with E-state index in [1.807, 2.05) is 13.0 Å². The molecule has 2 aromatic heterocycles. The topological polar surface area (TPSA) is 71.3 Å². The molecule has 1 aromatic carbocycles. The van der Waals surface area contributed by atoms with E-state index in [4.69, 9.17) is 16.6 Å². The number of halogens is 1. The third kappa shape index (κ3) is 4.62. The molecule has 3 heterocycles. The molecule has 200 valence electrons. The number of carbonyl (C=O) groups is 1. The second kappa shape index (κ2) is 10.9. The summed E-state index contributed by atoms with van der Waals surface area (Å²) in [4.78, 5) is 39.9. The second-order valence-corrected chi connectivity index (χ2v) is 10.8. The van der Waals surface area contributed by atoms with Gasteiger partial charge in [-0.15, -0.1) is 0 Å². The third-order valence-corrected chi connectivity index (χ3v) is 8.45. The summed E-state index contributed by atoms with van der Waals surface area (Å²) < 4.78 is 1.72. The van der Waals surface area contributed by atoms with Crippen LogP contribution in [0, 0.1) is 0 Å². The van der Waals surface area contributed by atoms with Crippen LogP contribution in [0.4, 0.5) is 5.82 Å². The van der Waals surface area contributed by atoms with Gasteiger partial charge in [-0.05, 0) is 55.9 Å². The molecule has 38 heavy (non-hydrogen) atoms. The average Bonchev–Trinajstić information content (AvgIpc) is 3.46. The summed E-state index contributed by atoms with van der Waals surface area (Å²) in [6.45, 7) is 11.5. The highest BCUT2D eigenvalue weighted by Crippen LogP contribution is 2.39. The molecule has 0 N–H and O–H groups in total. The molecule has 0 unspecified atom stereocenters. The number of aromatic nitrogens is 3. The van der Waals surface area contributed by atoms with Gasteiger partial charge in [0.25, 0.3) is 0 Å². The highest BCUT2D eigenvalue weighted by molar-refractivity contribution is 6.32.